The molecule has 1 aromatic heterocycles. The molecule has 156 valence electrons. The largest absolute Gasteiger partial charge is 0.457 e. The van der Waals surface area contributed by atoms with Crippen molar-refractivity contribution in [2.24, 2.45) is 0 Å². The number of aliphatic hydroxyl groups is 1. The molecule has 1 atom stereocenters. The van der Waals surface area contributed by atoms with Crippen LogP contribution >= 0.6 is 0 Å². The SMILES string of the molecule is Cc1c([C@@H](O)CNC(C)(C)c2cn[nH]c2Cc2ccccc2)ccc2c1COC2=O. The molecule has 1 aliphatic heterocycles. The number of cyclic esters (lactones) is 1. The second-order valence-corrected chi connectivity index (χ2v) is 8.33. The summed E-state index contributed by atoms with van der Waals surface area (Å²) >= 11 is 0. The molecule has 1 aliphatic rings. The molecule has 0 amide bonds. The quantitative estimate of drug-likeness (QED) is 0.524. The standard InChI is InChI=1S/C24H27N3O3/c1-15-17(9-10-18-19(15)14-30-23(18)29)22(28)13-25-24(2,3)20-12-26-27-21(20)11-16-7-5-4-6-8-16/h4-10,12,22,25,28H,11,13-14H2,1-3H3,(H,26,27)/t22-/m0/s1. The normalized spacial score (nSPS) is 14.5. The van der Waals surface area contributed by atoms with Crippen molar-refractivity contribution in [3.63, 3.8) is 0 Å². The Morgan fingerprint density at radius 2 is 2.00 bits per heavy atom. The Morgan fingerprint density at radius 1 is 1.23 bits per heavy atom. The Morgan fingerprint density at radius 3 is 2.77 bits per heavy atom. The molecule has 4 rings (SSSR count). The third-order valence-electron chi connectivity index (χ3n) is 5.92. The van der Waals surface area contributed by atoms with Gasteiger partial charge in [-0.3, -0.25) is 5.10 Å². The molecule has 6 heteroatoms. The summed E-state index contributed by atoms with van der Waals surface area (Å²) in [6.45, 7) is 6.75. The van der Waals surface area contributed by atoms with Crippen LogP contribution in [0.15, 0.2) is 48.7 Å². The summed E-state index contributed by atoms with van der Waals surface area (Å²) in [5, 5.41) is 21.7. The van der Waals surface area contributed by atoms with Crippen LogP contribution in [0.25, 0.3) is 0 Å². The summed E-state index contributed by atoms with van der Waals surface area (Å²) in [5.41, 5.74) is 6.15. The van der Waals surface area contributed by atoms with Gasteiger partial charge in [0, 0.05) is 35.3 Å². The number of H-pyrrole nitrogens is 1. The fourth-order valence-corrected chi connectivity index (χ4v) is 4.07. The lowest BCUT2D eigenvalue weighted by Crippen LogP contribution is -2.39. The highest BCUT2D eigenvalue weighted by Crippen LogP contribution is 2.30. The Kier molecular flexibility index (Phi) is 5.45. The van der Waals surface area contributed by atoms with Gasteiger partial charge < -0.3 is 15.2 Å². The van der Waals surface area contributed by atoms with E-state index in [1.54, 1.807) is 6.07 Å². The predicted molar refractivity (Wildman–Crippen MR) is 114 cm³/mol. The van der Waals surface area contributed by atoms with Crippen LogP contribution in [-0.2, 0) is 23.3 Å². The van der Waals surface area contributed by atoms with Crippen molar-refractivity contribution in [3.05, 3.63) is 87.7 Å². The zero-order valence-electron chi connectivity index (χ0n) is 17.5. The maximum atomic E-state index is 11.7. The monoisotopic (exact) mass is 405 g/mol. The maximum absolute atomic E-state index is 11.7. The van der Waals surface area contributed by atoms with Gasteiger partial charge >= 0.3 is 5.97 Å². The van der Waals surface area contributed by atoms with Crippen LogP contribution in [0.1, 0.15) is 63.8 Å². The van der Waals surface area contributed by atoms with Crippen molar-refractivity contribution in [2.75, 3.05) is 6.54 Å². The highest BCUT2D eigenvalue weighted by Gasteiger charge is 2.28. The number of aromatic amines is 1. The molecule has 2 aromatic carbocycles. The number of hydrogen-bond donors (Lipinski definition) is 3. The molecule has 0 unspecified atom stereocenters. The van der Waals surface area contributed by atoms with E-state index in [1.165, 1.54) is 5.56 Å². The van der Waals surface area contributed by atoms with Gasteiger partial charge in [0.15, 0.2) is 0 Å². The first-order chi connectivity index (χ1) is 14.4. The lowest BCUT2D eigenvalue weighted by atomic mass is 9.91. The van der Waals surface area contributed by atoms with Gasteiger partial charge in [-0.1, -0.05) is 36.4 Å². The molecule has 0 saturated heterocycles. The maximum Gasteiger partial charge on any atom is 0.338 e. The van der Waals surface area contributed by atoms with Gasteiger partial charge in [0.05, 0.1) is 17.9 Å². The van der Waals surface area contributed by atoms with E-state index in [2.05, 4.69) is 41.5 Å². The number of hydrogen-bond acceptors (Lipinski definition) is 5. The average molecular weight is 405 g/mol. The Hall–Kier alpha value is -2.96. The number of aliphatic hydroxyl groups excluding tert-OH is 1. The third-order valence-corrected chi connectivity index (χ3v) is 5.92. The molecular weight excluding hydrogens is 378 g/mol. The van der Waals surface area contributed by atoms with Gasteiger partial charge in [0.25, 0.3) is 0 Å². The van der Waals surface area contributed by atoms with Gasteiger partial charge in [-0.15, -0.1) is 0 Å². The fourth-order valence-electron chi connectivity index (χ4n) is 4.07. The minimum atomic E-state index is -0.699. The average Bonchev–Trinajstić information content (AvgIpc) is 3.35. The number of nitrogens with one attached hydrogen (secondary N) is 2. The molecule has 3 aromatic rings. The van der Waals surface area contributed by atoms with Crippen molar-refractivity contribution in [1.29, 1.82) is 0 Å². The summed E-state index contributed by atoms with van der Waals surface area (Å²) < 4.78 is 5.12. The highest BCUT2D eigenvalue weighted by atomic mass is 16.5. The molecule has 0 aliphatic carbocycles. The summed E-state index contributed by atoms with van der Waals surface area (Å²) in [6, 6.07) is 13.8. The van der Waals surface area contributed by atoms with Crippen molar-refractivity contribution < 1.29 is 14.6 Å². The van der Waals surface area contributed by atoms with Gasteiger partial charge in [-0.2, -0.15) is 5.10 Å². The second kappa shape index (κ2) is 8.05. The first-order valence-corrected chi connectivity index (χ1v) is 10.2. The first-order valence-electron chi connectivity index (χ1n) is 10.2. The first kappa shape index (κ1) is 20.3. The van der Waals surface area contributed by atoms with Crippen LogP contribution in [0, 0.1) is 6.92 Å². The number of rotatable bonds is 7. The number of esters is 1. The number of nitrogens with zero attached hydrogens (tertiary/aromatic N) is 1. The van der Waals surface area contributed by atoms with Crippen molar-refractivity contribution in [1.82, 2.24) is 15.5 Å². The van der Waals surface area contributed by atoms with Crippen LogP contribution < -0.4 is 5.32 Å². The second-order valence-electron chi connectivity index (χ2n) is 8.33. The molecule has 0 spiro atoms. The highest BCUT2D eigenvalue weighted by molar-refractivity contribution is 5.93. The minimum Gasteiger partial charge on any atom is -0.457 e. The topological polar surface area (TPSA) is 87.2 Å². The molecule has 0 bridgehead atoms. The number of carbonyl (C=O) groups is 1. The Labute approximate surface area is 176 Å². The molecule has 2 heterocycles. The Bertz CT molecular complexity index is 1060. The summed E-state index contributed by atoms with van der Waals surface area (Å²) in [7, 11) is 0. The minimum absolute atomic E-state index is 0.275. The third kappa shape index (κ3) is 3.88. The van der Waals surface area contributed by atoms with E-state index in [0.29, 0.717) is 12.1 Å². The van der Waals surface area contributed by atoms with Crippen molar-refractivity contribution in [3.8, 4) is 0 Å². The molecule has 0 fully saturated rings. The number of aromatic nitrogens is 2. The number of ether oxygens (including phenoxy) is 1. The van der Waals surface area contributed by atoms with E-state index in [9.17, 15) is 9.90 Å². The van der Waals surface area contributed by atoms with Crippen LogP contribution in [0.4, 0.5) is 0 Å². The summed E-state index contributed by atoms with van der Waals surface area (Å²) in [5.74, 6) is -0.292. The smallest absolute Gasteiger partial charge is 0.338 e. The van der Waals surface area contributed by atoms with Crippen molar-refractivity contribution >= 4 is 5.97 Å². The lowest BCUT2D eigenvalue weighted by molar-refractivity contribution is 0.0535. The fraction of sp³-hybridized carbons (Fsp3) is 0.333. The van der Waals surface area contributed by atoms with Crippen LogP contribution in [0.3, 0.4) is 0 Å². The predicted octanol–water partition coefficient (Wildman–Crippen LogP) is 3.54. The summed E-state index contributed by atoms with van der Waals surface area (Å²) in [4.78, 5) is 11.7. The zero-order valence-corrected chi connectivity index (χ0v) is 17.5. The van der Waals surface area contributed by atoms with Gasteiger partial charge in [-0.05, 0) is 43.5 Å². The molecule has 6 nitrogen and oxygen atoms in total. The molecule has 0 saturated carbocycles. The molecule has 3 N–H and O–H groups in total. The van der Waals surface area contributed by atoms with E-state index in [4.69, 9.17) is 4.74 Å². The van der Waals surface area contributed by atoms with Crippen LogP contribution in [0.2, 0.25) is 0 Å². The van der Waals surface area contributed by atoms with E-state index < -0.39 is 6.10 Å². The number of benzene rings is 2. The zero-order chi connectivity index (χ0) is 21.3. The van der Waals surface area contributed by atoms with Gasteiger partial charge in [0.2, 0.25) is 0 Å². The molecule has 0 radical (unpaired) electrons. The summed E-state index contributed by atoms with van der Waals surface area (Å²) in [6.07, 6.45) is 1.91. The van der Waals surface area contributed by atoms with E-state index in [0.717, 1.165) is 34.4 Å². The lowest BCUT2D eigenvalue weighted by Gasteiger charge is -2.29. The molecule has 30 heavy (non-hydrogen) atoms. The van der Waals surface area contributed by atoms with Crippen LogP contribution in [-0.4, -0.2) is 27.8 Å². The van der Waals surface area contributed by atoms with E-state index in [-0.39, 0.29) is 18.1 Å². The van der Waals surface area contributed by atoms with Crippen LogP contribution in [0.5, 0.6) is 0 Å². The van der Waals surface area contributed by atoms with Crippen molar-refractivity contribution in [2.45, 2.75) is 45.4 Å². The van der Waals surface area contributed by atoms with E-state index >= 15 is 0 Å². The number of fused-ring (bicyclic) bond motifs is 1. The van der Waals surface area contributed by atoms with E-state index in [1.807, 2.05) is 37.4 Å². The van der Waals surface area contributed by atoms with Gasteiger partial charge in [-0.25, -0.2) is 4.79 Å². The molecular formula is C24H27N3O3. The van der Waals surface area contributed by atoms with Gasteiger partial charge in [0.1, 0.15) is 6.61 Å². The Balaban J connectivity index is 1.48. The number of carbonyl (C=O) groups excluding carboxylic acids is 1.